The van der Waals surface area contributed by atoms with Crippen molar-refractivity contribution in [3.8, 4) is 11.3 Å². The Hall–Kier alpha value is -2.76. The highest BCUT2D eigenvalue weighted by Gasteiger charge is 2.18. The Bertz CT molecular complexity index is 569. The third-order valence-electron chi connectivity index (χ3n) is 2.34. The quantitative estimate of drug-likeness (QED) is 0.849. The lowest BCUT2D eigenvalue weighted by Crippen LogP contribution is -2.06. The molecule has 0 bridgehead atoms. The molecule has 2 rings (SSSR count). The van der Waals surface area contributed by atoms with Crippen molar-refractivity contribution in [1.82, 2.24) is 9.97 Å². The highest BCUT2D eigenvalue weighted by molar-refractivity contribution is 6.00. The van der Waals surface area contributed by atoms with E-state index in [-0.39, 0.29) is 22.4 Å². The average Bonchev–Trinajstić information content (AvgIpc) is 2.38. The summed E-state index contributed by atoms with van der Waals surface area (Å²) in [5, 5.41) is 18.1. The van der Waals surface area contributed by atoms with Gasteiger partial charge in [0.2, 0.25) is 0 Å². The summed E-state index contributed by atoms with van der Waals surface area (Å²) >= 11 is 0. The maximum atomic E-state index is 11.1. The second-order valence-electron chi connectivity index (χ2n) is 3.43. The van der Waals surface area contributed by atoms with Crippen LogP contribution in [0.3, 0.4) is 0 Å². The molecule has 0 atom stereocenters. The number of carboxylic acids is 2. The number of carbonyl (C=O) groups is 2. The second kappa shape index (κ2) is 4.62. The van der Waals surface area contributed by atoms with Crippen LogP contribution in [0.5, 0.6) is 0 Å². The van der Waals surface area contributed by atoms with Crippen LogP contribution < -0.4 is 0 Å². The summed E-state index contributed by atoms with van der Waals surface area (Å²) < 4.78 is 0. The van der Waals surface area contributed by atoms with Crippen molar-refractivity contribution in [3.63, 3.8) is 0 Å². The van der Waals surface area contributed by atoms with Crippen LogP contribution in [0.1, 0.15) is 20.7 Å². The molecule has 0 aromatic carbocycles. The first kappa shape index (κ1) is 11.7. The van der Waals surface area contributed by atoms with Gasteiger partial charge in [-0.05, 0) is 18.2 Å². The zero-order chi connectivity index (χ0) is 13.1. The monoisotopic (exact) mass is 244 g/mol. The number of carboxylic acid groups (broad SMARTS) is 2. The van der Waals surface area contributed by atoms with Crippen LogP contribution in [0.4, 0.5) is 0 Å². The number of hydrogen-bond acceptors (Lipinski definition) is 4. The van der Waals surface area contributed by atoms with E-state index in [2.05, 4.69) is 9.97 Å². The molecule has 0 radical (unpaired) electrons. The van der Waals surface area contributed by atoms with Gasteiger partial charge < -0.3 is 10.2 Å². The van der Waals surface area contributed by atoms with Gasteiger partial charge in [-0.15, -0.1) is 0 Å². The summed E-state index contributed by atoms with van der Waals surface area (Å²) in [5.74, 6) is -2.34. The van der Waals surface area contributed by atoms with Gasteiger partial charge >= 0.3 is 11.9 Å². The number of aromatic carboxylic acids is 2. The van der Waals surface area contributed by atoms with E-state index < -0.39 is 11.9 Å². The van der Waals surface area contributed by atoms with Crippen molar-refractivity contribution in [2.75, 3.05) is 0 Å². The van der Waals surface area contributed by atoms with Crippen molar-refractivity contribution in [2.24, 2.45) is 0 Å². The Morgan fingerprint density at radius 3 is 2.39 bits per heavy atom. The minimum atomic E-state index is -1.18. The molecule has 2 aromatic rings. The Balaban J connectivity index is 2.70. The molecule has 0 amide bonds. The van der Waals surface area contributed by atoms with E-state index in [0.29, 0.717) is 0 Å². The summed E-state index contributed by atoms with van der Waals surface area (Å²) in [7, 11) is 0. The number of aromatic nitrogens is 2. The van der Waals surface area contributed by atoms with Crippen molar-refractivity contribution < 1.29 is 19.8 Å². The van der Waals surface area contributed by atoms with Gasteiger partial charge in [-0.1, -0.05) is 0 Å². The van der Waals surface area contributed by atoms with Crippen LogP contribution in [-0.4, -0.2) is 32.1 Å². The molecule has 6 nitrogen and oxygen atoms in total. The Labute approximate surface area is 102 Å². The first-order chi connectivity index (χ1) is 8.61. The van der Waals surface area contributed by atoms with Crippen LogP contribution in [0, 0.1) is 0 Å². The van der Waals surface area contributed by atoms with Gasteiger partial charge in [0.05, 0.1) is 16.8 Å². The lowest BCUT2D eigenvalue weighted by Gasteiger charge is -2.07. The Morgan fingerprint density at radius 1 is 1.00 bits per heavy atom. The number of pyridine rings is 2. The molecule has 18 heavy (non-hydrogen) atoms. The van der Waals surface area contributed by atoms with E-state index in [1.165, 1.54) is 30.6 Å². The van der Waals surface area contributed by atoms with Crippen LogP contribution in [0.15, 0.2) is 36.8 Å². The largest absolute Gasteiger partial charge is 0.478 e. The average molecular weight is 244 g/mol. The van der Waals surface area contributed by atoms with E-state index in [9.17, 15) is 9.59 Å². The number of nitrogens with zero attached hydrogens (tertiary/aromatic N) is 2. The normalized spacial score (nSPS) is 10.0. The van der Waals surface area contributed by atoms with Crippen molar-refractivity contribution in [3.05, 3.63) is 47.9 Å². The predicted octanol–water partition coefficient (Wildman–Crippen LogP) is 1.54. The lowest BCUT2D eigenvalue weighted by atomic mass is 10.0. The zero-order valence-corrected chi connectivity index (χ0v) is 9.07. The molecule has 90 valence electrons. The molecule has 0 saturated carbocycles. The molecule has 0 aliphatic rings. The molecule has 6 heteroatoms. The van der Waals surface area contributed by atoms with E-state index in [0.717, 1.165) is 6.20 Å². The van der Waals surface area contributed by atoms with Crippen molar-refractivity contribution in [2.45, 2.75) is 0 Å². The Morgan fingerprint density at radius 2 is 1.72 bits per heavy atom. The fourth-order valence-electron chi connectivity index (χ4n) is 1.56. The highest BCUT2D eigenvalue weighted by Crippen LogP contribution is 2.24. The first-order valence-corrected chi connectivity index (χ1v) is 4.97. The standard InChI is InChI=1S/C12H8N2O4/c15-11(16)8-2-1-4-14-10(8)7-3-5-13-6-9(7)12(17)18/h1-6H,(H,15,16)(H,17,18). The fourth-order valence-corrected chi connectivity index (χ4v) is 1.56. The molecule has 0 aliphatic carbocycles. The van der Waals surface area contributed by atoms with E-state index in [4.69, 9.17) is 10.2 Å². The molecule has 2 N–H and O–H groups in total. The third-order valence-corrected chi connectivity index (χ3v) is 2.34. The zero-order valence-electron chi connectivity index (χ0n) is 9.07. The maximum Gasteiger partial charge on any atom is 0.337 e. The maximum absolute atomic E-state index is 11.1. The van der Waals surface area contributed by atoms with E-state index in [1.807, 2.05) is 0 Å². The Kier molecular flexibility index (Phi) is 3.01. The van der Waals surface area contributed by atoms with Crippen LogP contribution in [-0.2, 0) is 0 Å². The first-order valence-electron chi connectivity index (χ1n) is 4.97. The van der Waals surface area contributed by atoms with Crippen molar-refractivity contribution >= 4 is 11.9 Å². The lowest BCUT2D eigenvalue weighted by molar-refractivity contribution is 0.0683. The molecule has 2 heterocycles. The molecular weight excluding hydrogens is 236 g/mol. The third kappa shape index (κ3) is 2.03. The van der Waals surface area contributed by atoms with Gasteiger partial charge in [-0.2, -0.15) is 0 Å². The van der Waals surface area contributed by atoms with Crippen LogP contribution in [0.25, 0.3) is 11.3 Å². The van der Waals surface area contributed by atoms with Gasteiger partial charge in [0, 0.05) is 24.2 Å². The molecule has 0 saturated heterocycles. The molecular formula is C12H8N2O4. The van der Waals surface area contributed by atoms with Gasteiger partial charge in [-0.25, -0.2) is 9.59 Å². The fraction of sp³-hybridized carbons (Fsp3) is 0. The van der Waals surface area contributed by atoms with E-state index in [1.54, 1.807) is 0 Å². The topological polar surface area (TPSA) is 100 Å². The van der Waals surface area contributed by atoms with Gasteiger partial charge in [0.25, 0.3) is 0 Å². The minimum Gasteiger partial charge on any atom is -0.478 e. The highest BCUT2D eigenvalue weighted by atomic mass is 16.4. The molecule has 0 unspecified atom stereocenters. The summed E-state index contributed by atoms with van der Waals surface area (Å²) in [6.07, 6.45) is 3.97. The van der Waals surface area contributed by atoms with Crippen LogP contribution >= 0.6 is 0 Å². The van der Waals surface area contributed by atoms with Crippen LogP contribution in [0.2, 0.25) is 0 Å². The number of hydrogen-bond donors (Lipinski definition) is 2. The summed E-state index contributed by atoms with van der Waals surface area (Å²) in [5.41, 5.74) is 0.213. The van der Waals surface area contributed by atoms with Gasteiger partial charge in [-0.3, -0.25) is 9.97 Å². The van der Waals surface area contributed by atoms with Crippen molar-refractivity contribution in [1.29, 1.82) is 0 Å². The second-order valence-corrected chi connectivity index (χ2v) is 3.43. The molecule has 0 fully saturated rings. The minimum absolute atomic E-state index is 0.0498. The summed E-state index contributed by atoms with van der Waals surface area (Å²) in [6.45, 7) is 0. The van der Waals surface area contributed by atoms with Gasteiger partial charge in [0.1, 0.15) is 0 Å². The SMILES string of the molecule is O=C(O)c1cnccc1-c1ncccc1C(=O)O. The predicted molar refractivity (Wildman–Crippen MR) is 61.4 cm³/mol. The van der Waals surface area contributed by atoms with E-state index >= 15 is 0 Å². The number of rotatable bonds is 3. The summed E-state index contributed by atoms with van der Waals surface area (Å²) in [4.78, 5) is 29.8. The van der Waals surface area contributed by atoms with Gasteiger partial charge in [0.15, 0.2) is 0 Å². The molecule has 2 aromatic heterocycles. The molecule has 0 spiro atoms. The molecule has 0 aliphatic heterocycles. The summed E-state index contributed by atoms with van der Waals surface area (Å²) in [6, 6.07) is 4.28. The smallest absolute Gasteiger partial charge is 0.337 e.